The lowest BCUT2D eigenvalue weighted by molar-refractivity contribution is 0.102. The van der Waals surface area contributed by atoms with Gasteiger partial charge < -0.3 is 15.1 Å². The van der Waals surface area contributed by atoms with Gasteiger partial charge in [0.1, 0.15) is 0 Å². The van der Waals surface area contributed by atoms with Gasteiger partial charge in [0.05, 0.1) is 23.5 Å². The summed E-state index contributed by atoms with van der Waals surface area (Å²) in [6.07, 6.45) is 7.95. The lowest BCUT2D eigenvalue weighted by atomic mass is 10.1. The van der Waals surface area contributed by atoms with E-state index in [9.17, 15) is 4.79 Å². The molecule has 1 fully saturated rings. The minimum Gasteiger partial charge on any atom is -0.319 e. The van der Waals surface area contributed by atoms with Crippen molar-refractivity contribution >= 4 is 23.1 Å². The summed E-state index contributed by atoms with van der Waals surface area (Å²) in [5.74, 6) is 7.26. The van der Waals surface area contributed by atoms with E-state index in [1.165, 1.54) is 38.8 Å². The number of carbonyl (C=O) groups excluding carboxylic acids is 1. The van der Waals surface area contributed by atoms with Crippen molar-refractivity contribution in [1.29, 1.82) is 0 Å². The van der Waals surface area contributed by atoms with Crippen molar-refractivity contribution in [2.45, 2.75) is 32.1 Å². The highest BCUT2D eigenvalue weighted by molar-refractivity contribution is 6.12. The van der Waals surface area contributed by atoms with Gasteiger partial charge >= 0.3 is 0 Å². The second-order valence-corrected chi connectivity index (χ2v) is 7.29. The van der Waals surface area contributed by atoms with E-state index in [0.717, 1.165) is 30.2 Å². The number of hydrogen-bond acceptors (Lipinski definition) is 4. The van der Waals surface area contributed by atoms with Gasteiger partial charge in [-0.15, -0.1) is 5.92 Å². The van der Waals surface area contributed by atoms with Crippen LogP contribution >= 0.6 is 0 Å². The van der Waals surface area contributed by atoms with Crippen LogP contribution in [0.2, 0.25) is 0 Å². The number of benzene rings is 1. The Morgan fingerprint density at radius 1 is 1.00 bits per heavy atom. The first-order chi connectivity index (χ1) is 13.8. The Balaban J connectivity index is 1.49. The van der Waals surface area contributed by atoms with Crippen molar-refractivity contribution in [2.24, 2.45) is 0 Å². The predicted molar refractivity (Wildman–Crippen MR) is 113 cm³/mol. The molecule has 0 radical (unpaired) electrons. The number of carbonyl (C=O) groups is 1. The molecule has 144 valence electrons. The van der Waals surface area contributed by atoms with Crippen LogP contribution in [0.15, 0.2) is 42.6 Å². The third kappa shape index (κ3) is 4.18. The Morgan fingerprint density at radius 3 is 2.68 bits per heavy atom. The average Bonchev–Trinajstić information content (AvgIpc) is 3.05. The molecule has 0 bridgehead atoms. The number of aromatic nitrogens is 1. The van der Waals surface area contributed by atoms with Crippen LogP contribution in [0.3, 0.4) is 0 Å². The van der Waals surface area contributed by atoms with Gasteiger partial charge in [-0.2, -0.15) is 0 Å². The summed E-state index contributed by atoms with van der Waals surface area (Å²) in [6.45, 7) is 3.95. The molecule has 4 rings (SSSR count). The fourth-order valence-electron chi connectivity index (χ4n) is 3.87. The fourth-order valence-corrected chi connectivity index (χ4v) is 3.87. The van der Waals surface area contributed by atoms with Crippen molar-refractivity contribution < 1.29 is 4.79 Å². The second-order valence-electron chi connectivity index (χ2n) is 7.29. The van der Waals surface area contributed by atoms with Gasteiger partial charge in [0.15, 0.2) is 5.82 Å². The molecule has 28 heavy (non-hydrogen) atoms. The molecular formula is C23H26N4O. The molecule has 0 saturated carbocycles. The van der Waals surface area contributed by atoms with Gasteiger partial charge in [-0.3, -0.25) is 4.79 Å². The Morgan fingerprint density at radius 2 is 1.82 bits per heavy atom. The number of nitrogens with one attached hydrogen (secondary N) is 1. The molecule has 2 aromatic rings. The minimum atomic E-state index is -0.110. The second kappa shape index (κ2) is 8.90. The molecule has 1 aromatic heterocycles. The largest absolute Gasteiger partial charge is 0.319 e. The molecular weight excluding hydrogens is 348 g/mol. The fraction of sp³-hybridized carbons (Fsp3) is 0.391. The summed E-state index contributed by atoms with van der Waals surface area (Å²) >= 11 is 0. The van der Waals surface area contributed by atoms with Gasteiger partial charge in [-0.1, -0.05) is 30.9 Å². The van der Waals surface area contributed by atoms with Crippen LogP contribution in [0.25, 0.3) is 0 Å². The molecule has 2 aliphatic rings. The molecule has 0 unspecified atom stereocenters. The Bertz CT molecular complexity index is 891. The zero-order valence-corrected chi connectivity index (χ0v) is 16.2. The summed E-state index contributed by atoms with van der Waals surface area (Å²) in [6, 6.07) is 11.3. The van der Waals surface area contributed by atoms with Gasteiger partial charge in [0.2, 0.25) is 0 Å². The summed E-state index contributed by atoms with van der Waals surface area (Å²) in [7, 11) is 0. The van der Waals surface area contributed by atoms with Crippen LogP contribution in [0.1, 0.15) is 42.5 Å². The quantitative estimate of drug-likeness (QED) is 0.824. The van der Waals surface area contributed by atoms with E-state index in [0.29, 0.717) is 12.1 Å². The summed E-state index contributed by atoms with van der Waals surface area (Å²) in [5.41, 5.74) is 2.21. The maximum Gasteiger partial charge on any atom is 0.257 e. The first kappa shape index (κ1) is 18.5. The molecule has 0 spiro atoms. The van der Waals surface area contributed by atoms with E-state index in [1.54, 1.807) is 6.20 Å². The standard InChI is InChI=1S/C23H26N4O/c28-23-19-11-4-5-13-21(19)27(22-20(25-23)12-10-14-24-22)18-9-3-8-17-26-15-6-1-2-7-16-26/h4-5,10-14H,1-2,6-8,15-18H2,(H,25,28). The van der Waals surface area contributed by atoms with Gasteiger partial charge in [0, 0.05) is 19.2 Å². The summed E-state index contributed by atoms with van der Waals surface area (Å²) in [5, 5.41) is 2.96. The minimum absolute atomic E-state index is 0.110. The van der Waals surface area contributed by atoms with E-state index >= 15 is 0 Å². The molecule has 0 aliphatic carbocycles. The number of nitrogens with zero attached hydrogens (tertiary/aromatic N) is 3. The van der Waals surface area contributed by atoms with Crippen LogP contribution in [0.5, 0.6) is 0 Å². The molecule has 1 aromatic carbocycles. The van der Waals surface area contributed by atoms with Crippen LogP contribution in [-0.2, 0) is 0 Å². The van der Waals surface area contributed by atoms with E-state index in [2.05, 4.69) is 27.0 Å². The van der Waals surface area contributed by atoms with Gasteiger partial charge in [-0.05, 0) is 50.2 Å². The molecule has 1 amide bonds. The normalized spacial score (nSPS) is 16.7. The number of hydrogen-bond donors (Lipinski definition) is 1. The highest BCUT2D eigenvalue weighted by Gasteiger charge is 2.25. The molecule has 1 saturated heterocycles. The van der Waals surface area contributed by atoms with Crippen LogP contribution in [0, 0.1) is 11.8 Å². The Hall–Kier alpha value is -2.84. The number of rotatable bonds is 3. The number of pyridine rings is 1. The van der Waals surface area contributed by atoms with E-state index in [1.807, 2.05) is 41.3 Å². The Labute approximate surface area is 166 Å². The third-order valence-electron chi connectivity index (χ3n) is 5.34. The molecule has 5 nitrogen and oxygen atoms in total. The maximum atomic E-state index is 12.6. The smallest absolute Gasteiger partial charge is 0.257 e. The van der Waals surface area contributed by atoms with Crippen molar-refractivity contribution in [1.82, 2.24) is 9.88 Å². The van der Waals surface area contributed by atoms with E-state index in [-0.39, 0.29) is 5.91 Å². The van der Waals surface area contributed by atoms with Crippen molar-refractivity contribution in [3.63, 3.8) is 0 Å². The third-order valence-corrected chi connectivity index (χ3v) is 5.34. The number of para-hydroxylation sites is 1. The summed E-state index contributed by atoms with van der Waals surface area (Å²) < 4.78 is 0. The monoisotopic (exact) mass is 374 g/mol. The van der Waals surface area contributed by atoms with Crippen LogP contribution < -0.4 is 10.2 Å². The number of likely N-dealkylation sites (tertiary alicyclic amines) is 1. The molecule has 3 heterocycles. The van der Waals surface area contributed by atoms with Crippen LogP contribution in [0.4, 0.5) is 17.2 Å². The van der Waals surface area contributed by atoms with Crippen molar-refractivity contribution in [3.8, 4) is 11.8 Å². The predicted octanol–water partition coefficient (Wildman–Crippen LogP) is 4.05. The van der Waals surface area contributed by atoms with E-state index < -0.39 is 0 Å². The SMILES string of the molecule is O=C1Nc2cccnc2N(CC#CCCN2CCCCCC2)c2ccccc21. The lowest BCUT2D eigenvalue weighted by Gasteiger charge is -2.22. The average molecular weight is 374 g/mol. The summed E-state index contributed by atoms with van der Waals surface area (Å²) in [4.78, 5) is 21.7. The highest BCUT2D eigenvalue weighted by Crippen LogP contribution is 2.35. The zero-order chi connectivity index (χ0) is 19.2. The van der Waals surface area contributed by atoms with Gasteiger partial charge in [-0.25, -0.2) is 4.98 Å². The number of amides is 1. The first-order valence-electron chi connectivity index (χ1n) is 10.1. The topological polar surface area (TPSA) is 48.5 Å². The maximum absolute atomic E-state index is 12.6. The van der Waals surface area contributed by atoms with Crippen molar-refractivity contribution in [2.75, 3.05) is 36.4 Å². The molecule has 0 atom stereocenters. The van der Waals surface area contributed by atoms with Crippen molar-refractivity contribution in [3.05, 3.63) is 48.2 Å². The van der Waals surface area contributed by atoms with E-state index in [4.69, 9.17) is 0 Å². The molecule has 1 N–H and O–H groups in total. The number of fused-ring (bicyclic) bond motifs is 2. The molecule has 2 aliphatic heterocycles. The first-order valence-corrected chi connectivity index (χ1v) is 10.1. The lowest BCUT2D eigenvalue weighted by Crippen LogP contribution is -2.25. The Kier molecular flexibility index (Phi) is 5.89. The van der Waals surface area contributed by atoms with Crippen LogP contribution in [-0.4, -0.2) is 42.0 Å². The molecule has 5 heteroatoms. The zero-order valence-electron chi connectivity index (χ0n) is 16.2. The highest BCUT2D eigenvalue weighted by atomic mass is 16.1. The van der Waals surface area contributed by atoms with Gasteiger partial charge in [0.25, 0.3) is 5.91 Å². The number of anilines is 3.